The summed E-state index contributed by atoms with van der Waals surface area (Å²) in [5.41, 5.74) is 1.21. The van der Waals surface area contributed by atoms with Crippen LogP contribution in [0.5, 0.6) is 0 Å². The van der Waals surface area contributed by atoms with E-state index in [1.165, 1.54) is 28.4 Å². The second kappa shape index (κ2) is 11.7. The second-order valence-electron chi connectivity index (χ2n) is 10.1. The number of carboxylic acid groups (broad SMARTS) is 1. The summed E-state index contributed by atoms with van der Waals surface area (Å²) in [6, 6.07) is 5.45. The number of β-lactam (4-membered cyclic amide) rings is 1. The van der Waals surface area contributed by atoms with Gasteiger partial charge in [-0.2, -0.15) is 4.40 Å². The first-order valence-electron chi connectivity index (χ1n) is 13.2. The second-order valence-corrected chi connectivity index (χ2v) is 12.0. The number of aliphatic hydroxyl groups is 1. The number of nitro benzene ring substituents is 1. The lowest BCUT2D eigenvalue weighted by Crippen LogP contribution is -2.61. The Morgan fingerprint density at radius 1 is 1.33 bits per heavy atom. The summed E-state index contributed by atoms with van der Waals surface area (Å²) >= 11 is 3.04. The van der Waals surface area contributed by atoms with Crippen molar-refractivity contribution >= 4 is 57.2 Å². The molecule has 5 rings (SSSR count). The summed E-state index contributed by atoms with van der Waals surface area (Å²) in [5, 5.41) is 34.4. The summed E-state index contributed by atoms with van der Waals surface area (Å²) in [6.45, 7) is 4.52. The van der Waals surface area contributed by atoms with Crippen molar-refractivity contribution in [1.29, 1.82) is 0 Å². The molecule has 4 heterocycles. The maximum atomic E-state index is 12.6. The highest BCUT2D eigenvalue weighted by Crippen LogP contribution is 2.48. The highest BCUT2D eigenvalue weighted by Gasteiger charge is 2.57. The number of carbonyl (C=O) groups excluding carboxylic acids is 2. The predicted octanol–water partition coefficient (Wildman–Crippen LogP) is 2.95. The normalized spacial score (nSPS) is 18.7. The summed E-state index contributed by atoms with van der Waals surface area (Å²) in [4.78, 5) is 50.2. The number of aryl methyl sites for hydroxylation is 1. The van der Waals surface area contributed by atoms with Crippen LogP contribution in [0, 0.1) is 23.0 Å². The van der Waals surface area contributed by atoms with E-state index in [1.807, 2.05) is 23.8 Å². The Morgan fingerprint density at radius 3 is 2.67 bits per heavy atom. The van der Waals surface area contributed by atoms with Gasteiger partial charge in [0.15, 0.2) is 0 Å². The number of rotatable bonds is 11. The molecule has 0 spiro atoms. The lowest BCUT2D eigenvalue weighted by molar-refractivity contribution is -0.735. The van der Waals surface area contributed by atoms with E-state index in [-0.39, 0.29) is 29.9 Å². The lowest BCUT2D eigenvalue weighted by Gasteiger charge is -2.44. The van der Waals surface area contributed by atoms with Crippen molar-refractivity contribution in [2.45, 2.75) is 57.0 Å². The van der Waals surface area contributed by atoms with E-state index < -0.39 is 29.0 Å². The molecule has 0 radical (unpaired) electrons. The molecule has 0 bridgehead atoms. The largest absolute Gasteiger partial charge is 0.477 e. The van der Waals surface area contributed by atoms with Crippen molar-refractivity contribution in [1.82, 2.24) is 14.6 Å². The number of aromatic nitrogens is 2. The highest BCUT2D eigenvalue weighted by atomic mass is 32.2. The third-order valence-corrected chi connectivity index (χ3v) is 9.69. The fourth-order valence-corrected chi connectivity index (χ4v) is 7.81. The first-order valence-corrected chi connectivity index (χ1v) is 15.3. The minimum Gasteiger partial charge on any atom is -0.477 e. The van der Waals surface area contributed by atoms with E-state index >= 15 is 0 Å². The predicted molar refractivity (Wildman–Crippen MR) is 153 cm³/mol. The van der Waals surface area contributed by atoms with Crippen molar-refractivity contribution in [2.24, 2.45) is 5.92 Å². The molecule has 13 nitrogen and oxygen atoms in total. The number of imidazole rings is 1. The van der Waals surface area contributed by atoms with Gasteiger partial charge in [0.25, 0.3) is 11.5 Å². The van der Waals surface area contributed by atoms with Crippen molar-refractivity contribution in [3.05, 3.63) is 62.5 Å². The summed E-state index contributed by atoms with van der Waals surface area (Å²) in [7, 11) is 0. The van der Waals surface area contributed by atoms with Crippen LogP contribution in [0.25, 0.3) is 10.4 Å². The molecule has 2 aromatic heterocycles. The number of nitrogens with zero attached hydrogens (tertiary/aromatic N) is 4. The Kier molecular flexibility index (Phi) is 8.25. The minimum atomic E-state index is -1.15. The van der Waals surface area contributed by atoms with Gasteiger partial charge in [-0.15, -0.1) is 0 Å². The highest BCUT2D eigenvalue weighted by molar-refractivity contribution is 7.98. The molecule has 0 aliphatic carbocycles. The van der Waals surface area contributed by atoms with Crippen LogP contribution in [-0.2, 0) is 27.5 Å². The first kappa shape index (κ1) is 29.5. The number of aliphatic hydroxyl groups excluding tert-OH is 1. The molecule has 42 heavy (non-hydrogen) atoms. The number of non-ortho nitro benzene ring substituents is 1. The van der Waals surface area contributed by atoms with Crippen LogP contribution in [0.3, 0.4) is 0 Å². The molecule has 3 aromatic rings. The topological polar surface area (TPSA) is 168 Å². The summed E-state index contributed by atoms with van der Waals surface area (Å²) in [6.07, 6.45) is 3.46. The first-order chi connectivity index (χ1) is 20.0. The van der Waals surface area contributed by atoms with Crippen molar-refractivity contribution < 1.29 is 38.8 Å². The zero-order valence-electron chi connectivity index (χ0n) is 23.1. The van der Waals surface area contributed by atoms with E-state index in [2.05, 4.69) is 9.88 Å². The van der Waals surface area contributed by atoms with Gasteiger partial charge < -0.3 is 25.2 Å². The Labute approximate surface area is 248 Å². The van der Waals surface area contributed by atoms with Gasteiger partial charge in [0.1, 0.15) is 18.5 Å². The van der Waals surface area contributed by atoms with Crippen LogP contribution < -0.4 is 9.88 Å². The molecule has 3 N–H and O–H groups in total. The van der Waals surface area contributed by atoms with Crippen LogP contribution in [0.4, 0.5) is 10.5 Å². The number of benzene rings is 1. The maximum Gasteiger partial charge on any atom is 0.407 e. The molecular formula is C27H30N5O8S2+. The average Bonchev–Trinajstić information content (AvgIpc) is 3.59. The van der Waals surface area contributed by atoms with Crippen LogP contribution in [0.15, 0.2) is 41.2 Å². The monoisotopic (exact) mass is 616 g/mol. The van der Waals surface area contributed by atoms with E-state index in [4.69, 9.17) is 4.74 Å². The standard InChI is InChI=1S/C27H29N5O8S2/c1-14(33)21-19-11-18(22(26(35)36)31(19)23(21)34)20-12-30-15(2)29(24(41-3)25(30)42-20)10-4-9-28-27(37)40-13-16-5-7-17(8-6-16)32(38)39/h5-8,12,14,19,21,33H,4,9-11,13H2,1-3H3,(H-,28,35,36,37)/p+1/t14-,19-,21-/m1/s1. The number of alkyl carbamates (subject to hydrolysis) is 1. The number of ether oxygens (including phenoxy) is 1. The number of hydrogen-bond donors (Lipinski definition) is 3. The Balaban J connectivity index is 1.23. The lowest BCUT2D eigenvalue weighted by atomic mass is 9.83. The molecule has 2 aliphatic rings. The molecule has 0 saturated carbocycles. The Bertz CT molecular complexity index is 1610. The number of carboxylic acids is 1. The molecule has 1 aromatic carbocycles. The number of carbonyl (C=O) groups is 3. The number of fused-ring (bicyclic) bond motifs is 2. The van der Waals surface area contributed by atoms with Crippen LogP contribution in [0.2, 0.25) is 0 Å². The quantitative estimate of drug-likeness (QED) is 0.0733. The van der Waals surface area contributed by atoms with E-state index in [9.17, 15) is 34.7 Å². The number of nitro groups is 1. The van der Waals surface area contributed by atoms with Gasteiger partial charge in [0.2, 0.25) is 15.8 Å². The third kappa shape index (κ3) is 5.23. The van der Waals surface area contributed by atoms with Gasteiger partial charge in [0.05, 0.1) is 34.4 Å². The fourth-order valence-electron chi connectivity index (χ4n) is 5.57. The summed E-state index contributed by atoms with van der Waals surface area (Å²) in [5.74, 6) is -1.16. The molecule has 3 atom stereocenters. The Hall–Kier alpha value is -3.95. The Morgan fingerprint density at radius 2 is 2.05 bits per heavy atom. The molecule has 0 unspecified atom stereocenters. The number of amides is 2. The van der Waals surface area contributed by atoms with Crippen LogP contribution in [0.1, 0.15) is 36.0 Å². The number of nitrogens with one attached hydrogen (secondary N) is 1. The number of thiazole rings is 1. The molecule has 222 valence electrons. The van der Waals surface area contributed by atoms with Crippen molar-refractivity contribution in [2.75, 3.05) is 12.8 Å². The molecular weight excluding hydrogens is 586 g/mol. The average molecular weight is 617 g/mol. The van der Waals surface area contributed by atoms with Gasteiger partial charge >= 0.3 is 12.1 Å². The van der Waals surface area contributed by atoms with Crippen LogP contribution in [-0.4, -0.2) is 67.4 Å². The van der Waals surface area contributed by atoms with Gasteiger partial charge in [-0.3, -0.25) is 14.9 Å². The minimum absolute atomic E-state index is 0.00120. The van der Waals surface area contributed by atoms with Gasteiger partial charge in [-0.1, -0.05) is 23.1 Å². The van der Waals surface area contributed by atoms with E-state index in [0.717, 1.165) is 20.6 Å². The number of hydrogen-bond acceptors (Lipinski definition) is 9. The van der Waals surface area contributed by atoms with Crippen LogP contribution >= 0.6 is 23.1 Å². The SMILES string of the molecule is CSc1c2sc(C3=C(C(=O)O)N4C(=O)[C@H]([C@@H](C)O)[C@H]4C3)cn2c(C)[n+]1CCCNC(=O)OCc1ccc([N+](=O)[O-])cc1. The molecule has 15 heteroatoms. The van der Waals surface area contributed by atoms with Gasteiger partial charge in [-0.25, -0.2) is 14.2 Å². The summed E-state index contributed by atoms with van der Waals surface area (Å²) < 4.78 is 9.37. The van der Waals surface area contributed by atoms with E-state index in [0.29, 0.717) is 37.1 Å². The zero-order valence-corrected chi connectivity index (χ0v) is 24.7. The zero-order chi connectivity index (χ0) is 30.3. The third-order valence-electron chi connectivity index (χ3n) is 7.61. The number of aliphatic carboxylic acids is 1. The smallest absolute Gasteiger partial charge is 0.407 e. The molecule has 1 fully saturated rings. The van der Waals surface area contributed by atoms with E-state index in [1.54, 1.807) is 30.8 Å². The van der Waals surface area contributed by atoms with Gasteiger partial charge in [0, 0.05) is 37.6 Å². The maximum absolute atomic E-state index is 12.6. The van der Waals surface area contributed by atoms with Gasteiger partial charge in [-0.05, 0) is 37.3 Å². The van der Waals surface area contributed by atoms with Crippen molar-refractivity contribution in [3.8, 4) is 0 Å². The van der Waals surface area contributed by atoms with Crippen molar-refractivity contribution in [3.63, 3.8) is 0 Å². The molecule has 2 amide bonds. The fraction of sp³-hybridized carbons (Fsp3) is 0.407. The molecule has 1 saturated heterocycles. The molecule has 2 aliphatic heterocycles. The number of thioether (sulfide) groups is 1.